The molecule has 122 valence electrons. The third-order valence-electron chi connectivity index (χ3n) is 4.69. The second kappa shape index (κ2) is 6.86. The summed E-state index contributed by atoms with van der Waals surface area (Å²) in [5.74, 6) is -1.13. The number of para-hydroxylation sites is 1. The fourth-order valence-corrected chi connectivity index (χ4v) is 3.37. The van der Waals surface area contributed by atoms with Gasteiger partial charge in [0.15, 0.2) is 0 Å². The van der Waals surface area contributed by atoms with E-state index in [4.69, 9.17) is 0 Å². The van der Waals surface area contributed by atoms with Gasteiger partial charge < -0.3 is 15.4 Å². The van der Waals surface area contributed by atoms with Gasteiger partial charge in [0.1, 0.15) is 6.04 Å². The Morgan fingerprint density at radius 1 is 1.22 bits per heavy atom. The molecule has 1 saturated carbocycles. The van der Waals surface area contributed by atoms with Gasteiger partial charge in [-0.05, 0) is 24.5 Å². The molecule has 23 heavy (non-hydrogen) atoms. The molecular weight excluding hydrogens is 292 g/mol. The first kappa shape index (κ1) is 15.6. The Morgan fingerprint density at radius 2 is 1.96 bits per heavy atom. The number of hydrogen-bond acceptors (Lipinski definition) is 2. The van der Waals surface area contributed by atoms with Gasteiger partial charge in [-0.25, -0.2) is 4.79 Å². The number of benzene rings is 1. The number of aromatic nitrogens is 1. The number of nitrogens with one attached hydrogen (secondary N) is 2. The minimum atomic E-state index is -0.987. The van der Waals surface area contributed by atoms with E-state index in [2.05, 4.69) is 10.3 Å². The van der Waals surface area contributed by atoms with Crippen LogP contribution in [-0.2, 0) is 16.0 Å². The number of aliphatic carboxylic acids is 1. The van der Waals surface area contributed by atoms with Crippen molar-refractivity contribution in [3.63, 3.8) is 0 Å². The van der Waals surface area contributed by atoms with Gasteiger partial charge in [0.05, 0.1) is 0 Å². The van der Waals surface area contributed by atoms with Crippen LogP contribution in [0.4, 0.5) is 0 Å². The summed E-state index contributed by atoms with van der Waals surface area (Å²) < 4.78 is 0. The highest BCUT2D eigenvalue weighted by Gasteiger charge is 2.27. The summed E-state index contributed by atoms with van der Waals surface area (Å²) in [6, 6.07) is 6.89. The van der Waals surface area contributed by atoms with Gasteiger partial charge in [0.2, 0.25) is 5.91 Å². The molecule has 1 aliphatic rings. The van der Waals surface area contributed by atoms with Crippen LogP contribution in [0.1, 0.15) is 37.7 Å². The fourth-order valence-electron chi connectivity index (χ4n) is 3.37. The van der Waals surface area contributed by atoms with Crippen LogP contribution >= 0.6 is 0 Å². The average molecular weight is 314 g/mol. The summed E-state index contributed by atoms with van der Waals surface area (Å²) in [7, 11) is 0. The first-order chi connectivity index (χ1) is 11.1. The molecule has 1 aliphatic carbocycles. The van der Waals surface area contributed by atoms with Crippen LogP contribution in [0.15, 0.2) is 30.5 Å². The van der Waals surface area contributed by atoms with Gasteiger partial charge >= 0.3 is 5.97 Å². The lowest BCUT2D eigenvalue weighted by Crippen LogP contribution is -2.45. The van der Waals surface area contributed by atoms with E-state index >= 15 is 0 Å². The molecule has 0 bridgehead atoms. The third-order valence-corrected chi connectivity index (χ3v) is 4.69. The molecule has 3 rings (SSSR count). The molecule has 1 amide bonds. The monoisotopic (exact) mass is 314 g/mol. The zero-order valence-corrected chi connectivity index (χ0v) is 13.0. The molecule has 1 aromatic carbocycles. The normalized spacial score (nSPS) is 17.0. The predicted molar refractivity (Wildman–Crippen MR) is 88.1 cm³/mol. The van der Waals surface area contributed by atoms with Gasteiger partial charge in [0.25, 0.3) is 0 Å². The maximum Gasteiger partial charge on any atom is 0.326 e. The second-order valence-electron chi connectivity index (χ2n) is 6.30. The van der Waals surface area contributed by atoms with E-state index in [0.717, 1.165) is 42.1 Å². The SMILES string of the molecule is O=C(N[C@H](Cc1c[nH]c2ccccc12)C(=O)O)C1CCCCC1. The number of carbonyl (C=O) groups is 2. The smallest absolute Gasteiger partial charge is 0.326 e. The van der Waals surface area contributed by atoms with Crippen molar-refractivity contribution in [1.29, 1.82) is 0 Å². The summed E-state index contributed by atoms with van der Waals surface area (Å²) in [5, 5.41) is 13.2. The molecule has 0 spiro atoms. The zero-order valence-electron chi connectivity index (χ0n) is 13.0. The van der Waals surface area contributed by atoms with E-state index in [9.17, 15) is 14.7 Å². The van der Waals surface area contributed by atoms with E-state index in [-0.39, 0.29) is 18.2 Å². The van der Waals surface area contributed by atoms with Gasteiger partial charge in [-0.15, -0.1) is 0 Å². The highest BCUT2D eigenvalue weighted by molar-refractivity contribution is 5.87. The molecule has 2 aromatic rings. The maximum atomic E-state index is 12.3. The van der Waals surface area contributed by atoms with Crippen molar-refractivity contribution in [3.05, 3.63) is 36.0 Å². The Labute approximate surface area is 135 Å². The van der Waals surface area contributed by atoms with Crippen LogP contribution in [0.25, 0.3) is 10.9 Å². The number of hydrogen-bond donors (Lipinski definition) is 3. The number of carbonyl (C=O) groups excluding carboxylic acids is 1. The van der Waals surface area contributed by atoms with Crippen molar-refractivity contribution in [3.8, 4) is 0 Å². The van der Waals surface area contributed by atoms with E-state index < -0.39 is 12.0 Å². The third kappa shape index (κ3) is 3.55. The van der Waals surface area contributed by atoms with Gasteiger partial charge in [-0.2, -0.15) is 0 Å². The van der Waals surface area contributed by atoms with Crippen molar-refractivity contribution < 1.29 is 14.7 Å². The standard InChI is InChI=1S/C18H22N2O3/c21-17(12-6-2-1-3-7-12)20-16(18(22)23)10-13-11-19-15-9-5-4-8-14(13)15/h4-5,8-9,11-12,16,19H,1-3,6-7,10H2,(H,20,21)(H,22,23)/t16-/m1/s1. The van der Waals surface area contributed by atoms with Crippen LogP contribution in [0, 0.1) is 5.92 Å². The van der Waals surface area contributed by atoms with Crippen molar-refractivity contribution in [2.75, 3.05) is 0 Å². The maximum absolute atomic E-state index is 12.3. The van der Waals surface area contributed by atoms with E-state index in [1.165, 1.54) is 6.42 Å². The second-order valence-corrected chi connectivity index (χ2v) is 6.30. The highest BCUT2D eigenvalue weighted by atomic mass is 16.4. The number of H-pyrrole nitrogens is 1. The van der Waals surface area contributed by atoms with Crippen molar-refractivity contribution in [2.45, 2.75) is 44.6 Å². The molecule has 1 atom stereocenters. The first-order valence-electron chi connectivity index (χ1n) is 8.23. The molecule has 0 saturated heterocycles. The van der Waals surface area contributed by atoms with E-state index in [1.807, 2.05) is 30.5 Å². The lowest BCUT2D eigenvalue weighted by molar-refractivity contribution is -0.142. The molecule has 1 aromatic heterocycles. The summed E-state index contributed by atoms with van der Waals surface area (Å²) >= 11 is 0. The zero-order chi connectivity index (χ0) is 16.2. The molecular formula is C18H22N2O3. The summed E-state index contributed by atoms with van der Waals surface area (Å²) in [6.45, 7) is 0. The molecule has 0 unspecified atom stereocenters. The molecule has 5 nitrogen and oxygen atoms in total. The van der Waals surface area contributed by atoms with Gasteiger partial charge in [-0.1, -0.05) is 37.5 Å². The summed E-state index contributed by atoms with van der Waals surface area (Å²) in [6.07, 6.45) is 7.12. The van der Waals surface area contributed by atoms with E-state index in [1.54, 1.807) is 0 Å². The lowest BCUT2D eigenvalue weighted by atomic mass is 9.88. The molecule has 1 fully saturated rings. The Balaban J connectivity index is 1.71. The lowest BCUT2D eigenvalue weighted by Gasteiger charge is -2.23. The van der Waals surface area contributed by atoms with Crippen molar-refractivity contribution >= 4 is 22.8 Å². The van der Waals surface area contributed by atoms with E-state index in [0.29, 0.717) is 0 Å². The predicted octanol–water partition coefficient (Wildman–Crippen LogP) is 2.86. The minimum absolute atomic E-state index is 0.0337. The molecule has 1 heterocycles. The number of carboxylic acid groups (broad SMARTS) is 1. The first-order valence-corrected chi connectivity index (χ1v) is 8.23. The molecule has 5 heteroatoms. The number of rotatable bonds is 5. The minimum Gasteiger partial charge on any atom is -0.480 e. The Morgan fingerprint density at radius 3 is 2.70 bits per heavy atom. The fraction of sp³-hybridized carbons (Fsp3) is 0.444. The van der Waals surface area contributed by atoms with Crippen LogP contribution in [0.2, 0.25) is 0 Å². The molecule has 3 N–H and O–H groups in total. The van der Waals surface area contributed by atoms with Gasteiger partial charge in [-0.3, -0.25) is 4.79 Å². The number of aromatic amines is 1. The number of amides is 1. The van der Waals surface area contributed by atoms with Crippen molar-refractivity contribution in [1.82, 2.24) is 10.3 Å². The Bertz CT molecular complexity index is 701. The number of fused-ring (bicyclic) bond motifs is 1. The van der Waals surface area contributed by atoms with Crippen LogP contribution in [0.3, 0.4) is 0 Å². The topological polar surface area (TPSA) is 82.2 Å². The van der Waals surface area contributed by atoms with Crippen LogP contribution in [0.5, 0.6) is 0 Å². The Hall–Kier alpha value is -2.30. The summed E-state index contributed by atoms with van der Waals surface area (Å²) in [4.78, 5) is 27.0. The largest absolute Gasteiger partial charge is 0.480 e. The highest BCUT2D eigenvalue weighted by Crippen LogP contribution is 2.24. The molecule has 0 aliphatic heterocycles. The van der Waals surface area contributed by atoms with Crippen LogP contribution < -0.4 is 5.32 Å². The van der Waals surface area contributed by atoms with Gasteiger partial charge in [0, 0.05) is 29.4 Å². The number of carboxylic acids is 1. The quantitative estimate of drug-likeness (QED) is 0.793. The van der Waals surface area contributed by atoms with Crippen LogP contribution in [-0.4, -0.2) is 28.0 Å². The summed E-state index contributed by atoms with van der Waals surface area (Å²) in [5.41, 5.74) is 1.89. The Kier molecular flexibility index (Phi) is 4.65. The van der Waals surface area contributed by atoms with Crippen molar-refractivity contribution in [2.24, 2.45) is 5.92 Å². The average Bonchev–Trinajstić information content (AvgIpc) is 2.98. The molecule has 0 radical (unpaired) electrons.